The van der Waals surface area contributed by atoms with Crippen LogP contribution in [0.2, 0.25) is 0 Å². The largest absolute Gasteiger partial charge is 0.478 e. The van der Waals surface area contributed by atoms with E-state index in [-0.39, 0.29) is 39.7 Å². The molecule has 0 radical (unpaired) electrons. The molecule has 50 valence electrons. The van der Waals surface area contributed by atoms with Gasteiger partial charge in [-0.15, -0.1) is 0 Å². The van der Waals surface area contributed by atoms with Gasteiger partial charge in [-0.2, -0.15) is 0 Å². The van der Waals surface area contributed by atoms with Crippen LogP contribution in [-0.4, -0.2) is 11.1 Å². The summed E-state index contributed by atoms with van der Waals surface area (Å²) in [6.45, 7) is 4.60. The molecule has 8 heavy (non-hydrogen) atoms. The maximum atomic E-state index is 9.60. The van der Waals surface area contributed by atoms with Crippen LogP contribution in [0, 0.1) is 0 Å². The van der Waals surface area contributed by atoms with E-state index in [1.807, 2.05) is 0 Å². The van der Waals surface area contributed by atoms with Gasteiger partial charge in [0, 0.05) is 39.7 Å². The molecule has 4 heteroatoms. The molecule has 0 aromatic heterocycles. The van der Waals surface area contributed by atoms with Gasteiger partial charge in [0.25, 0.3) is 0 Å². The Bertz CT molecular complexity index is 78.0. The molecular formula is C4H6Fe2O2. The van der Waals surface area contributed by atoms with Gasteiger partial charge in [0.2, 0.25) is 0 Å². The van der Waals surface area contributed by atoms with Gasteiger partial charge in [0.15, 0.2) is 0 Å². The Morgan fingerprint density at radius 3 is 1.62 bits per heavy atom. The Hall–Kier alpha value is 0.249. The van der Waals surface area contributed by atoms with Crippen molar-refractivity contribution in [2.24, 2.45) is 0 Å². The predicted molar refractivity (Wildman–Crippen MR) is 22.4 cm³/mol. The summed E-state index contributed by atoms with van der Waals surface area (Å²) in [5, 5.41) is 7.89. The molecule has 1 N–H and O–H groups in total. The summed E-state index contributed by atoms with van der Waals surface area (Å²) in [6.07, 6.45) is 0. The first-order valence-corrected chi connectivity index (χ1v) is 1.53. The number of carbonyl (C=O) groups is 1. The van der Waals surface area contributed by atoms with E-state index in [9.17, 15) is 4.79 Å². The SMILES string of the molecule is C=C(C)C(=O)O.[Fe].[Fe]. The van der Waals surface area contributed by atoms with Gasteiger partial charge in [-0.1, -0.05) is 6.58 Å². The van der Waals surface area contributed by atoms with E-state index in [0.29, 0.717) is 0 Å². The van der Waals surface area contributed by atoms with Crippen molar-refractivity contribution in [3.63, 3.8) is 0 Å². The third-order valence-electron chi connectivity index (χ3n) is 0.365. The molecule has 2 nitrogen and oxygen atoms in total. The minimum absolute atomic E-state index is 0. The summed E-state index contributed by atoms with van der Waals surface area (Å²) < 4.78 is 0. The predicted octanol–water partition coefficient (Wildman–Crippen LogP) is 0.642. The molecule has 0 aliphatic rings. The standard InChI is InChI=1S/C4H6O2.2Fe/c1-3(2)4(5)6;;/h1H2,2H3,(H,5,6);;. The van der Waals surface area contributed by atoms with Crippen molar-refractivity contribution in [2.45, 2.75) is 6.92 Å². The molecule has 0 atom stereocenters. The molecule has 0 rings (SSSR count). The maximum absolute atomic E-state index is 9.60. The number of hydrogen-bond donors (Lipinski definition) is 1. The molecule has 0 fully saturated rings. The van der Waals surface area contributed by atoms with Crippen molar-refractivity contribution in [3.8, 4) is 0 Å². The van der Waals surface area contributed by atoms with Crippen molar-refractivity contribution < 1.29 is 44.0 Å². The molecule has 0 aromatic rings. The van der Waals surface area contributed by atoms with Crippen LogP contribution >= 0.6 is 0 Å². The quantitative estimate of drug-likeness (QED) is 0.495. The molecule has 0 aliphatic heterocycles. The fourth-order valence-corrected chi connectivity index (χ4v) is 0. The first kappa shape index (κ1) is 15.7. The zero-order valence-corrected chi connectivity index (χ0v) is 6.48. The molecular weight excluding hydrogens is 192 g/mol. The maximum Gasteiger partial charge on any atom is 0.330 e. The van der Waals surface area contributed by atoms with Crippen LogP contribution in [-0.2, 0) is 38.9 Å². The van der Waals surface area contributed by atoms with Crippen molar-refractivity contribution in [2.75, 3.05) is 0 Å². The van der Waals surface area contributed by atoms with E-state index >= 15 is 0 Å². The van der Waals surface area contributed by atoms with Gasteiger partial charge in [0.05, 0.1) is 0 Å². The average molecular weight is 198 g/mol. The average Bonchev–Trinajstić information content (AvgIpc) is 1.36. The Kier molecular flexibility index (Phi) is 14.3. The van der Waals surface area contributed by atoms with Gasteiger partial charge in [0.1, 0.15) is 0 Å². The fraction of sp³-hybridized carbons (Fsp3) is 0.250. The van der Waals surface area contributed by atoms with E-state index in [4.69, 9.17) is 5.11 Å². The summed E-state index contributed by atoms with van der Waals surface area (Å²) in [6, 6.07) is 0. The van der Waals surface area contributed by atoms with E-state index < -0.39 is 5.97 Å². The van der Waals surface area contributed by atoms with Gasteiger partial charge in [-0.3, -0.25) is 0 Å². The van der Waals surface area contributed by atoms with Crippen LogP contribution in [0.3, 0.4) is 0 Å². The monoisotopic (exact) mass is 198 g/mol. The summed E-state index contributed by atoms with van der Waals surface area (Å²) >= 11 is 0. The second-order valence-corrected chi connectivity index (χ2v) is 1.09. The molecule has 0 aliphatic carbocycles. The zero-order valence-electron chi connectivity index (χ0n) is 4.27. The van der Waals surface area contributed by atoms with Crippen molar-refractivity contribution in [1.82, 2.24) is 0 Å². The van der Waals surface area contributed by atoms with Crippen LogP contribution in [0.1, 0.15) is 6.92 Å². The summed E-state index contributed by atoms with van der Waals surface area (Å²) in [5.41, 5.74) is 0.176. The third kappa shape index (κ3) is 9.54. The normalized spacial score (nSPS) is 5.62. The van der Waals surface area contributed by atoms with E-state index in [2.05, 4.69) is 6.58 Å². The molecule has 0 saturated heterocycles. The smallest absolute Gasteiger partial charge is 0.330 e. The van der Waals surface area contributed by atoms with E-state index in [1.54, 1.807) is 0 Å². The van der Waals surface area contributed by atoms with Gasteiger partial charge in [-0.05, 0) is 6.92 Å². The van der Waals surface area contributed by atoms with Gasteiger partial charge < -0.3 is 5.11 Å². The first-order valence-electron chi connectivity index (χ1n) is 1.53. The molecule has 0 unspecified atom stereocenters. The van der Waals surface area contributed by atoms with E-state index in [1.165, 1.54) is 6.92 Å². The fourth-order valence-electron chi connectivity index (χ4n) is 0. The van der Waals surface area contributed by atoms with Crippen LogP contribution < -0.4 is 0 Å². The Labute approximate surface area is 69.3 Å². The Morgan fingerprint density at radius 2 is 1.62 bits per heavy atom. The molecule has 0 spiro atoms. The number of rotatable bonds is 1. The molecule has 0 aromatic carbocycles. The second kappa shape index (κ2) is 7.25. The minimum Gasteiger partial charge on any atom is -0.478 e. The summed E-state index contributed by atoms with van der Waals surface area (Å²) in [4.78, 5) is 9.60. The Balaban J connectivity index is -0.000000125. The molecule has 0 bridgehead atoms. The zero-order chi connectivity index (χ0) is 5.15. The topological polar surface area (TPSA) is 37.3 Å². The van der Waals surface area contributed by atoms with Crippen molar-refractivity contribution >= 4 is 5.97 Å². The van der Waals surface area contributed by atoms with Gasteiger partial charge >= 0.3 is 5.97 Å². The van der Waals surface area contributed by atoms with Gasteiger partial charge in [-0.25, -0.2) is 4.79 Å². The van der Waals surface area contributed by atoms with Crippen molar-refractivity contribution in [3.05, 3.63) is 12.2 Å². The first-order chi connectivity index (χ1) is 2.64. The summed E-state index contributed by atoms with van der Waals surface area (Å²) in [7, 11) is 0. The van der Waals surface area contributed by atoms with Crippen LogP contribution in [0.25, 0.3) is 0 Å². The summed E-state index contributed by atoms with van der Waals surface area (Å²) in [5.74, 6) is -0.935. The number of aliphatic carboxylic acids is 1. The molecule has 0 saturated carbocycles. The third-order valence-corrected chi connectivity index (χ3v) is 0.365. The van der Waals surface area contributed by atoms with Crippen LogP contribution in [0.4, 0.5) is 0 Å². The van der Waals surface area contributed by atoms with E-state index in [0.717, 1.165) is 0 Å². The molecule has 0 heterocycles. The van der Waals surface area contributed by atoms with Crippen LogP contribution in [0.15, 0.2) is 12.2 Å². The van der Waals surface area contributed by atoms with Crippen molar-refractivity contribution in [1.29, 1.82) is 0 Å². The minimum atomic E-state index is -0.935. The Morgan fingerprint density at radius 1 is 1.50 bits per heavy atom. The number of carboxylic acid groups (broad SMARTS) is 1. The number of hydrogen-bond acceptors (Lipinski definition) is 1. The number of carboxylic acids is 1. The molecule has 0 amide bonds. The second-order valence-electron chi connectivity index (χ2n) is 1.09. The van der Waals surface area contributed by atoms with Crippen LogP contribution in [0.5, 0.6) is 0 Å².